The maximum atomic E-state index is 13.3. The number of halogens is 1. The number of hydrogen-bond acceptors (Lipinski definition) is 5. The zero-order valence-corrected chi connectivity index (χ0v) is 17.5. The first-order chi connectivity index (χ1) is 12.7. The monoisotopic (exact) mass is 384 g/mol. The van der Waals surface area contributed by atoms with Crippen LogP contribution in [-0.2, 0) is 23.6 Å². The van der Waals surface area contributed by atoms with Gasteiger partial charge in [-0.25, -0.2) is 4.39 Å². The van der Waals surface area contributed by atoms with Crippen molar-refractivity contribution in [2.45, 2.75) is 72.5 Å². The molecule has 154 valence electrons. The summed E-state index contributed by atoms with van der Waals surface area (Å²) in [4.78, 5) is 11.4. The van der Waals surface area contributed by atoms with Crippen molar-refractivity contribution in [2.75, 3.05) is 13.7 Å². The van der Waals surface area contributed by atoms with Gasteiger partial charge in [-0.1, -0.05) is 12.7 Å². The Hall–Kier alpha value is -1.60. The van der Waals surface area contributed by atoms with Gasteiger partial charge >= 0.3 is 13.1 Å². The van der Waals surface area contributed by atoms with Crippen LogP contribution in [0.5, 0.6) is 0 Å². The summed E-state index contributed by atoms with van der Waals surface area (Å²) in [5, 5.41) is 0. The fourth-order valence-corrected chi connectivity index (χ4v) is 2.24. The van der Waals surface area contributed by atoms with Crippen LogP contribution in [0, 0.1) is 0 Å². The maximum Gasteiger partial charge on any atom is 0.497 e. The number of methoxy groups -OCH3 is 1. The van der Waals surface area contributed by atoms with Gasteiger partial charge in [-0.05, 0) is 53.5 Å². The third-order valence-electron chi connectivity index (χ3n) is 3.31. The van der Waals surface area contributed by atoms with Gasteiger partial charge < -0.3 is 18.8 Å². The number of ether oxygens (including phenoxy) is 2. The molecule has 0 amide bonds. The van der Waals surface area contributed by atoms with E-state index in [9.17, 15) is 9.18 Å². The maximum absolute atomic E-state index is 13.3. The van der Waals surface area contributed by atoms with Gasteiger partial charge in [-0.15, -0.1) is 0 Å². The first kappa shape index (κ1) is 25.4. The third kappa shape index (κ3) is 12.4. The molecule has 0 rings (SSSR count). The lowest BCUT2D eigenvalue weighted by Crippen LogP contribution is -2.33. The van der Waals surface area contributed by atoms with E-state index in [1.165, 1.54) is 7.11 Å². The normalized spacial score (nSPS) is 12.5. The van der Waals surface area contributed by atoms with Crippen molar-refractivity contribution < 1.29 is 28.0 Å². The minimum absolute atomic E-state index is 0.0400. The standard InChI is InChI=1S/C20H34BFO5/c1-8-25-20(23)12-10-9-11-19(24-7)18(14-13-17(6)22)21(26-15(2)3)27-16(4)5/h11,14-16H,6,8-10,12-13H2,1-5,7H3/b18-14?,19-11-. The molecular weight excluding hydrogens is 350 g/mol. The number of esters is 1. The van der Waals surface area contributed by atoms with Gasteiger partial charge in [-0.3, -0.25) is 4.79 Å². The van der Waals surface area contributed by atoms with E-state index in [2.05, 4.69) is 6.58 Å². The number of unbranched alkanes of at least 4 members (excludes halogenated alkanes) is 1. The molecule has 7 heteroatoms. The topological polar surface area (TPSA) is 54.0 Å². The summed E-state index contributed by atoms with van der Waals surface area (Å²) < 4.78 is 35.4. The Morgan fingerprint density at radius 3 is 2.19 bits per heavy atom. The number of carbonyl (C=O) groups excluding carboxylic acids is 1. The Balaban J connectivity index is 5.38. The van der Waals surface area contributed by atoms with E-state index >= 15 is 0 Å². The van der Waals surface area contributed by atoms with E-state index in [0.717, 1.165) is 0 Å². The predicted molar refractivity (Wildman–Crippen MR) is 107 cm³/mol. The van der Waals surface area contributed by atoms with Crippen LogP contribution in [0.15, 0.2) is 35.8 Å². The van der Waals surface area contributed by atoms with Crippen molar-refractivity contribution in [3.63, 3.8) is 0 Å². The minimum Gasteiger partial charge on any atom is -0.497 e. The second kappa shape index (κ2) is 14.5. The molecule has 5 nitrogen and oxygen atoms in total. The lowest BCUT2D eigenvalue weighted by molar-refractivity contribution is -0.143. The summed E-state index contributed by atoms with van der Waals surface area (Å²) in [6.07, 6.45) is 4.93. The third-order valence-corrected chi connectivity index (χ3v) is 3.31. The fourth-order valence-electron chi connectivity index (χ4n) is 2.24. The SMILES string of the molecule is C=C(F)CC=C(B(OC(C)C)OC(C)C)/C(=C/CCCC(=O)OCC)OC. The van der Waals surface area contributed by atoms with Crippen molar-refractivity contribution in [3.8, 4) is 0 Å². The zero-order chi connectivity index (χ0) is 20.8. The second-order valence-corrected chi connectivity index (χ2v) is 6.55. The Morgan fingerprint density at radius 1 is 1.15 bits per heavy atom. The van der Waals surface area contributed by atoms with Crippen LogP contribution in [0.3, 0.4) is 0 Å². The predicted octanol–water partition coefficient (Wildman–Crippen LogP) is 4.93. The largest absolute Gasteiger partial charge is 0.497 e. The van der Waals surface area contributed by atoms with Crippen molar-refractivity contribution in [1.82, 2.24) is 0 Å². The van der Waals surface area contributed by atoms with Gasteiger partial charge in [0, 0.05) is 30.5 Å². The Kier molecular flexibility index (Phi) is 13.6. The highest BCUT2D eigenvalue weighted by Gasteiger charge is 2.30. The summed E-state index contributed by atoms with van der Waals surface area (Å²) in [7, 11) is 0.845. The zero-order valence-electron chi connectivity index (χ0n) is 17.5. The van der Waals surface area contributed by atoms with Crippen LogP contribution in [0.25, 0.3) is 0 Å². The summed E-state index contributed by atoms with van der Waals surface area (Å²) in [5.41, 5.74) is 0.606. The van der Waals surface area contributed by atoms with Crippen molar-refractivity contribution in [1.29, 1.82) is 0 Å². The molecule has 0 heterocycles. The molecule has 0 N–H and O–H groups in total. The highest BCUT2D eigenvalue weighted by Crippen LogP contribution is 2.22. The van der Waals surface area contributed by atoms with Crippen molar-refractivity contribution in [3.05, 3.63) is 35.8 Å². The first-order valence-corrected chi connectivity index (χ1v) is 9.45. The molecule has 0 bridgehead atoms. The molecule has 0 unspecified atom stereocenters. The molecule has 0 aliphatic carbocycles. The number of rotatable bonds is 14. The van der Waals surface area contributed by atoms with Crippen LogP contribution in [0.1, 0.15) is 60.3 Å². The second-order valence-electron chi connectivity index (χ2n) is 6.55. The fraction of sp³-hybridized carbons (Fsp3) is 0.650. The van der Waals surface area contributed by atoms with Crippen LogP contribution in [0.2, 0.25) is 0 Å². The molecule has 0 aromatic carbocycles. The molecule has 27 heavy (non-hydrogen) atoms. The van der Waals surface area contributed by atoms with Crippen molar-refractivity contribution >= 4 is 13.1 Å². The van der Waals surface area contributed by atoms with Gasteiger partial charge in [0.1, 0.15) is 5.76 Å². The Morgan fingerprint density at radius 2 is 1.74 bits per heavy atom. The van der Waals surface area contributed by atoms with Crippen LogP contribution in [-0.4, -0.2) is 39.0 Å². The number of carbonyl (C=O) groups is 1. The molecule has 0 aliphatic heterocycles. The Labute approximate surface area is 163 Å². The highest BCUT2D eigenvalue weighted by molar-refractivity contribution is 6.55. The molecule has 0 aromatic heterocycles. The molecule has 0 aliphatic rings. The number of hydrogen-bond donors (Lipinski definition) is 0. The van der Waals surface area contributed by atoms with E-state index in [1.54, 1.807) is 13.0 Å². The van der Waals surface area contributed by atoms with Gasteiger partial charge in [0.15, 0.2) is 0 Å². The lowest BCUT2D eigenvalue weighted by Gasteiger charge is -2.23. The van der Waals surface area contributed by atoms with E-state index < -0.39 is 12.9 Å². The summed E-state index contributed by atoms with van der Waals surface area (Å²) in [6, 6.07) is 0. The minimum atomic E-state index is -0.694. The smallest absolute Gasteiger partial charge is 0.497 e. The summed E-state index contributed by atoms with van der Waals surface area (Å²) in [5.74, 6) is -0.150. The van der Waals surface area contributed by atoms with Gasteiger partial charge in [0.2, 0.25) is 0 Å². The van der Waals surface area contributed by atoms with E-state index in [4.69, 9.17) is 18.8 Å². The van der Waals surface area contributed by atoms with Crippen molar-refractivity contribution in [2.24, 2.45) is 0 Å². The molecule has 0 spiro atoms. The van der Waals surface area contributed by atoms with Crippen LogP contribution in [0.4, 0.5) is 4.39 Å². The highest BCUT2D eigenvalue weighted by atomic mass is 19.1. The molecule has 0 aromatic rings. The molecule has 0 atom stereocenters. The summed E-state index contributed by atoms with van der Waals surface area (Å²) >= 11 is 0. The average molecular weight is 384 g/mol. The molecule has 0 fully saturated rings. The van der Waals surface area contributed by atoms with Gasteiger partial charge in [0.05, 0.1) is 19.5 Å². The quantitative estimate of drug-likeness (QED) is 0.140. The van der Waals surface area contributed by atoms with E-state index in [-0.39, 0.29) is 24.6 Å². The molecule has 0 radical (unpaired) electrons. The average Bonchev–Trinajstić information content (AvgIpc) is 2.55. The van der Waals surface area contributed by atoms with Crippen LogP contribution < -0.4 is 0 Å². The molecular formula is C20H34BFO5. The van der Waals surface area contributed by atoms with E-state index in [1.807, 2.05) is 33.8 Å². The van der Waals surface area contributed by atoms with Gasteiger partial charge in [-0.2, -0.15) is 0 Å². The molecule has 0 saturated carbocycles. The number of allylic oxidation sites excluding steroid dienone is 4. The lowest BCUT2D eigenvalue weighted by atomic mass is 9.74. The summed E-state index contributed by atoms with van der Waals surface area (Å²) in [6.45, 7) is 13.1. The van der Waals surface area contributed by atoms with E-state index in [0.29, 0.717) is 37.1 Å². The van der Waals surface area contributed by atoms with Crippen LogP contribution >= 0.6 is 0 Å². The molecule has 0 saturated heterocycles. The van der Waals surface area contributed by atoms with Gasteiger partial charge in [0.25, 0.3) is 0 Å². The first-order valence-electron chi connectivity index (χ1n) is 9.45. The Bertz CT molecular complexity index is 505.